The molecule has 2 aromatic carbocycles. The molecule has 2 heterocycles. The molecule has 5 N–H and O–H groups in total. The molecule has 0 amide bonds. The van der Waals surface area contributed by atoms with Gasteiger partial charge in [0.1, 0.15) is 11.6 Å². The summed E-state index contributed by atoms with van der Waals surface area (Å²) in [5, 5.41) is 14.4. The van der Waals surface area contributed by atoms with Gasteiger partial charge in [-0.3, -0.25) is 10.8 Å². The minimum atomic E-state index is -3.63. The first-order chi connectivity index (χ1) is 16.0. The van der Waals surface area contributed by atoms with Crippen LogP contribution >= 0.6 is 0 Å². The molecule has 0 spiro atoms. The average molecular weight is 470 g/mol. The Balaban J connectivity index is 1.74. The van der Waals surface area contributed by atoms with Crippen LogP contribution in [0.15, 0.2) is 58.5 Å². The van der Waals surface area contributed by atoms with Crippen LogP contribution in [-0.2, 0) is 15.6 Å². The summed E-state index contributed by atoms with van der Waals surface area (Å²) in [5.41, 5.74) is 9.41. The number of aromatic nitrogens is 2. The second-order valence-corrected chi connectivity index (χ2v) is 10.4. The first-order valence-corrected chi connectivity index (χ1v) is 12.1. The number of aryl methyl sites for hydroxylation is 1. The molecule has 1 unspecified atom stereocenters. The van der Waals surface area contributed by atoms with E-state index in [0.29, 0.717) is 5.84 Å². The van der Waals surface area contributed by atoms with Crippen LogP contribution in [0.5, 0.6) is 5.75 Å². The molecule has 1 aromatic heterocycles. The summed E-state index contributed by atoms with van der Waals surface area (Å²) >= 11 is 0. The summed E-state index contributed by atoms with van der Waals surface area (Å²) in [7, 11) is -2.22. The van der Waals surface area contributed by atoms with E-state index in [1.807, 2.05) is 39.0 Å². The summed E-state index contributed by atoms with van der Waals surface area (Å²) in [4.78, 5) is 4.61. The molecule has 0 fully saturated rings. The lowest BCUT2D eigenvalue weighted by atomic mass is 10.1. The number of rotatable bonds is 6. The summed E-state index contributed by atoms with van der Waals surface area (Å²) < 4.78 is 39.6. The van der Waals surface area contributed by atoms with Gasteiger partial charge in [0.25, 0.3) is 0 Å². The third-order valence-electron chi connectivity index (χ3n) is 5.27. The number of nitrogens with zero attached hydrogens (tertiary/aromatic N) is 2. The van der Waals surface area contributed by atoms with Gasteiger partial charge in [-0.05, 0) is 55.3 Å². The van der Waals surface area contributed by atoms with Crippen LogP contribution in [0.1, 0.15) is 26.5 Å². The highest BCUT2D eigenvalue weighted by Gasteiger charge is 2.33. The third-order valence-corrected chi connectivity index (χ3v) is 7.33. The Kier molecular flexibility index (Phi) is 5.55. The highest BCUT2D eigenvalue weighted by molar-refractivity contribution is 7.91. The Hall–Kier alpha value is -3.37. The molecule has 3 aromatic rings. The molecule has 0 saturated heterocycles. The number of ether oxygens (including phenoxy) is 1. The largest absolute Gasteiger partial charge is 0.496 e. The number of hydrogen-bond donors (Lipinski definition) is 4. The van der Waals surface area contributed by atoms with Gasteiger partial charge >= 0.3 is 0 Å². The molecule has 0 bridgehead atoms. The molecule has 33 heavy (non-hydrogen) atoms. The maximum atomic E-state index is 12.9. The minimum absolute atomic E-state index is 0.00736. The third kappa shape index (κ3) is 4.57. The molecule has 1 aliphatic heterocycles. The number of H-pyrrole nitrogens is 1. The Labute approximate surface area is 194 Å². The number of anilines is 1. The van der Waals surface area contributed by atoms with Crippen molar-refractivity contribution in [1.82, 2.24) is 15.5 Å². The van der Waals surface area contributed by atoms with E-state index in [4.69, 9.17) is 11.8 Å². The van der Waals surface area contributed by atoms with Crippen LogP contribution in [0.3, 0.4) is 0 Å². The number of methoxy groups -OCH3 is 1. The fourth-order valence-electron chi connectivity index (χ4n) is 3.73. The number of fused-ring (bicyclic) bond motifs is 1. The molecular formula is C23H28N6O3S. The Morgan fingerprint density at radius 2 is 2.09 bits per heavy atom. The normalized spacial score (nSPS) is 18.7. The molecule has 10 heteroatoms. The van der Waals surface area contributed by atoms with Crippen molar-refractivity contribution >= 4 is 32.3 Å². The van der Waals surface area contributed by atoms with Crippen molar-refractivity contribution in [2.24, 2.45) is 16.6 Å². The van der Waals surface area contributed by atoms with Crippen LogP contribution in [0, 0.1) is 12.8 Å². The molecule has 174 valence electrons. The van der Waals surface area contributed by atoms with E-state index in [2.05, 4.69) is 25.8 Å². The molecule has 0 radical (unpaired) electrons. The van der Waals surface area contributed by atoms with E-state index in [0.717, 1.165) is 22.3 Å². The van der Waals surface area contributed by atoms with E-state index in [1.54, 1.807) is 12.3 Å². The van der Waals surface area contributed by atoms with Gasteiger partial charge in [0.15, 0.2) is 9.84 Å². The van der Waals surface area contributed by atoms with Gasteiger partial charge in [0, 0.05) is 17.3 Å². The van der Waals surface area contributed by atoms with E-state index in [9.17, 15) is 8.42 Å². The fraction of sp³-hybridized carbons (Fsp3) is 0.304. The van der Waals surface area contributed by atoms with Crippen molar-refractivity contribution in [3.05, 3.63) is 59.9 Å². The van der Waals surface area contributed by atoms with Crippen molar-refractivity contribution in [2.75, 3.05) is 18.2 Å². The standard InChI is InChI=1S/C23H28N6O3S/c1-14(2)13-33(30,31)17-6-8-21(32-4)19(12-17)23(24)25-10-9-22(27-23)26-16-5-7-18-15(3)28-29-20(18)11-16/h5-12,14,25H,13,24H2,1-4H3,(H,26,27)(H,28,29)/i8D. The van der Waals surface area contributed by atoms with Gasteiger partial charge in [-0.15, -0.1) is 0 Å². The van der Waals surface area contributed by atoms with Gasteiger partial charge in [-0.2, -0.15) is 5.10 Å². The van der Waals surface area contributed by atoms with Crippen LogP contribution in [0.25, 0.3) is 10.9 Å². The van der Waals surface area contributed by atoms with Gasteiger partial charge in [0.05, 0.1) is 35.9 Å². The van der Waals surface area contributed by atoms with Crippen molar-refractivity contribution < 1.29 is 14.5 Å². The van der Waals surface area contributed by atoms with E-state index >= 15 is 0 Å². The zero-order valence-corrected chi connectivity index (χ0v) is 19.7. The van der Waals surface area contributed by atoms with Crippen LogP contribution in [0.2, 0.25) is 0 Å². The van der Waals surface area contributed by atoms with Crippen molar-refractivity contribution in [3.63, 3.8) is 0 Å². The molecule has 1 atom stereocenters. The lowest BCUT2D eigenvalue weighted by Gasteiger charge is -2.31. The molecule has 0 saturated carbocycles. The number of sulfone groups is 1. The molecule has 4 rings (SSSR count). The second-order valence-electron chi connectivity index (χ2n) is 8.39. The smallest absolute Gasteiger partial charge is 0.214 e. The Morgan fingerprint density at radius 1 is 1.30 bits per heavy atom. The first kappa shape index (κ1) is 21.5. The number of nitrogens with one attached hydrogen (secondary N) is 3. The van der Waals surface area contributed by atoms with Crippen molar-refractivity contribution in [3.8, 4) is 5.75 Å². The monoisotopic (exact) mass is 469 g/mol. The predicted octanol–water partition coefficient (Wildman–Crippen LogP) is 3.01. The summed E-state index contributed by atoms with van der Waals surface area (Å²) in [6, 6.07) is 8.40. The maximum absolute atomic E-state index is 12.9. The molecular weight excluding hydrogens is 440 g/mol. The number of benzene rings is 2. The lowest BCUT2D eigenvalue weighted by Crippen LogP contribution is -2.49. The van der Waals surface area contributed by atoms with E-state index in [1.165, 1.54) is 19.2 Å². The topological polar surface area (TPSA) is 134 Å². The summed E-state index contributed by atoms with van der Waals surface area (Å²) in [6.07, 6.45) is 3.33. The van der Waals surface area contributed by atoms with Crippen LogP contribution < -0.4 is 21.1 Å². The van der Waals surface area contributed by atoms with Gasteiger partial charge in [-0.25, -0.2) is 13.4 Å². The maximum Gasteiger partial charge on any atom is 0.214 e. The minimum Gasteiger partial charge on any atom is -0.496 e. The zero-order chi connectivity index (χ0) is 24.7. The van der Waals surface area contributed by atoms with E-state index < -0.39 is 15.6 Å². The Morgan fingerprint density at radius 3 is 2.82 bits per heavy atom. The predicted molar refractivity (Wildman–Crippen MR) is 130 cm³/mol. The SMILES string of the molecule is [2H]c1cc(S(=O)(=O)CC(C)C)cc(C2(N)N=C(Nc3ccc4c(C)n[nH]c4c3)C=CN2)c1OC. The number of amidine groups is 1. The zero-order valence-electron chi connectivity index (χ0n) is 19.9. The van der Waals surface area contributed by atoms with Crippen LogP contribution in [0.4, 0.5) is 5.69 Å². The number of hydrogen-bond acceptors (Lipinski definition) is 8. The highest BCUT2D eigenvalue weighted by Crippen LogP contribution is 2.32. The summed E-state index contributed by atoms with van der Waals surface area (Å²) in [6.45, 7) is 5.58. The second kappa shape index (κ2) is 8.53. The fourth-order valence-corrected chi connectivity index (χ4v) is 5.33. The van der Waals surface area contributed by atoms with E-state index in [-0.39, 0.29) is 33.9 Å². The molecule has 1 aliphatic rings. The lowest BCUT2D eigenvalue weighted by molar-refractivity contribution is 0.359. The number of nitrogens with two attached hydrogens (primary N) is 1. The Bertz CT molecular complexity index is 1410. The first-order valence-electron chi connectivity index (χ1n) is 11.0. The number of aliphatic imine (C=N–C) groups is 1. The van der Waals surface area contributed by atoms with Gasteiger partial charge in [-0.1, -0.05) is 13.8 Å². The average Bonchev–Trinajstić information content (AvgIpc) is 3.12. The molecule has 0 aliphatic carbocycles. The van der Waals surface area contributed by atoms with Gasteiger partial charge in [0.2, 0.25) is 5.79 Å². The summed E-state index contributed by atoms with van der Waals surface area (Å²) in [5.74, 6) is -1.09. The van der Waals surface area contributed by atoms with Crippen molar-refractivity contribution in [2.45, 2.75) is 31.5 Å². The van der Waals surface area contributed by atoms with Crippen molar-refractivity contribution in [1.29, 1.82) is 0 Å². The van der Waals surface area contributed by atoms with Gasteiger partial charge < -0.3 is 15.4 Å². The quantitative estimate of drug-likeness (QED) is 0.436. The number of aromatic amines is 1. The molecule has 9 nitrogen and oxygen atoms in total. The van der Waals surface area contributed by atoms with Crippen LogP contribution in [-0.4, -0.2) is 37.3 Å². The highest BCUT2D eigenvalue weighted by atomic mass is 32.2.